The first kappa shape index (κ1) is 19.6. The lowest BCUT2D eigenvalue weighted by molar-refractivity contribution is -0.121. The van der Waals surface area contributed by atoms with Crippen LogP contribution in [0.1, 0.15) is 32.6 Å². The van der Waals surface area contributed by atoms with E-state index >= 15 is 0 Å². The van der Waals surface area contributed by atoms with Crippen LogP contribution in [0, 0.1) is 0 Å². The normalized spacial score (nSPS) is 13.4. The lowest BCUT2D eigenvalue weighted by Crippen LogP contribution is -2.33. The summed E-state index contributed by atoms with van der Waals surface area (Å²) in [5, 5.41) is 4.66. The van der Waals surface area contributed by atoms with Crippen LogP contribution < -0.4 is 10.2 Å². The van der Waals surface area contributed by atoms with E-state index in [9.17, 15) is 4.79 Å². The molecule has 0 atom stereocenters. The lowest BCUT2D eigenvalue weighted by atomic mass is 10.1. The van der Waals surface area contributed by atoms with Gasteiger partial charge in [0.1, 0.15) is 5.82 Å². The highest BCUT2D eigenvalue weighted by atomic mass is 35.5. The largest absolute Gasteiger partial charge is 0.355 e. The summed E-state index contributed by atoms with van der Waals surface area (Å²) in [7, 11) is 0. The molecule has 1 heterocycles. The fourth-order valence-corrected chi connectivity index (χ4v) is 3.57. The van der Waals surface area contributed by atoms with Crippen molar-refractivity contribution in [3.63, 3.8) is 0 Å². The van der Waals surface area contributed by atoms with Crippen molar-refractivity contribution in [3.05, 3.63) is 53.6 Å². The molecule has 29 heavy (non-hydrogen) atoms. The number of hydrogen-bond donors (Lipinski definition) is 1. The summed E-state index contributed by atoms with van der Waals surface area (Å²) in [6.45, 7) is 3.57. The van der Waals surface area contributed by atoms with Crippen LogP contribution in [0.25, 0.3) is 22.3 Å². The summed E-state index contributed by atoms with van der Waals surface area (Å²) in [6.07, 6.45) is 3.62. The van der Waals surface area contributed by atoms with E-state index in [-0.39, 0.29) is 5.91 Å². The molecule has 0 unspecified atom stereocenters. The van der Waals surface area contributed by atoms with Gasteiger partial charge in [0.15, 0.2) is 5.82 Å². The van der Waals surface area contributed by atoms with Gasteiger partial charge in [-0.3, -0.25) is 4.79 Å². The van der Waals surface area contributed by atoms with Gasteiger partial charge < -0.3 is 10.2 Å². The molecule has 0 spiro atoms. The third-order valence-electron chi connectivity index (χ3n) is 5.02. The van der Waals surface area contributed by atoms with Crippen molar-refractivity contribution in [2.24, 2.45) is 0 Å². The minimum atomic E-state index is 0.110. The zero-order valence-electron chi connectivity index (χ0n) is 16.6. The molecular weight excluding hydrogens is 384 g/mol. The molecule has 1 fully saturated rings. The lowest BCUT2D eigenvalue weighted by Gasteiger charge is -2.25. The number of amides is 1. The van der Waals surface area contributed by atoms with Gasteiger partial charge in [-0.2, -0.15) is 0 Å². The molecule has 1 saturated carbocycles. The maximum atomic E-state index is 12.2. The highest BCUT2D eigenvalue weighted by molar-refractivity contribution is 6.31. The third-order valence-corrected chi connectivity index (χ3v) is 5.25. The molecule has 5 nitrogen and oxygen atoms in total. The van der Waals surface area contributed by atoms with Crippen molar-refractivity contribution in [3.8, 4) is 11.4 Å². The first-order chi connectivity index (χ1) is 14.1. The predicted octanol–water partition coefficient (Wildman–Crippen LogP) is 4.84. The fourth-order valence-electron chi connectivity index (χ4n) is 3.40. The number of carbonyl (C=O) groups excluding carboxylic acids is 1. The molecule has 6 heteroatoms. The molecule has 1 amide bonds. The topological polar surface area (TPSA) is 58.1 Å². The average Bonchev–Trinajstić information content (AvgIpc) is 3.54. The van der Waals surface area contributed by atoms with Gasteiger partial charge in [-0.1, -0.05) is 48.9 Å². The van der Waals surface area contributed by atoms with Gasteiger partial charge in [0.05, 0.1) is 5.52 Å². The van der Waals surface area contributed by atoms with Gasteiger partial charge in [0.25, 0.3) is 0 Å². The first-order valence-corrected chi connectivity index (χ1v) is 10.6. The molecule has 4 rings (SSSR count). The Morgan fingerprint density at radius 1 is 1.14 bits per heavy atom. The number of halogens is 1. The highest BCUT2D eigenvalue weighted by Crippen LogP contribution is 2.30. The summed E-state index contributed by atoms with van der Waals surface area (Å²) >= 11 is 6.24. The van der Waals surface area contributed by atoms with Gasteiger partial charge >= 0.3 is 0 Å². The van der Waals surface area contributed by atoms with Crippen LogP contribution in [0.4, 0.5) is 5.82 Å². The number of fused-ring (bicyclic) bond motifs is 1. The molecule has 0 saturated heterocycles. The average molecular weight is 409 g/mol. The molecule has 2 aromatic carbocycles. The van der Waals surface area contributed by atoms with Crippen molar-refractivity contribution < 1.29 is 4.79 Å². The van der Waals surface area contributed by atoms with Crippen LogP contribution >= 0.6 is 11.6 Å². The zero-order valence-corrected chi connectivity index (χ0v) is 17.3. The maximum absolute atomic E-state index is 12.2. The smallest absolute Gasteiger partial charge is 0.221 e. The quantitative estimate of drug-likeness (QED) is 0.579. The molecule has 0 radical (unpaired) electrons. The highest BCUT2D eigenvalue weighted by Gasteiger charge is 2.23. The van der Waals surface area contributed by atoms with Crippen molar-refractivity contribution in [2.45, 2.75) is 38.6 Å². The first-order valence-electron chi connectivity index (χ1n) is 10.2. The van der Waals surface area contributed by atoms with Crippen molar-refractivity contribution >= 4 is 34.2 Å². The van der Waals surface area contributed by atoms with Crippen molar-refractivity contribution in [1.82, 2.24) is 15.3 Å². The van der Waals surface area contributed by atoms with E-state index in [0.717, 1.165) is 48.1 Å². The second-order valence-electron chi connectivity index (χ2n) is 7.48. The van der Waals surface area contributed by atoms with E-state index in [1.165, 1.54) is 0 Å². The summed E-state index contributed by atoms with van der Waals surface area (Å²) in [5.41, 5.74) is 1.77. The van der Waals surface area contributed by atoms with Gasteiger partial charge in [-0.25, -0.2) is 9.97 Å². The fraction of sp³-hybridized carbons (Fsp3) is 0.348. The van der Waals surface area contributed by atoms with Crippen LogP contribution in [-0.2, 0) is 4.79 Å². The number of nitrogens with zero attached hydrogens (tertiary/aromatic N) is 3. The van der Waals surface area contributed by atoms with Crippen molar-refractivity contribution in [2.75, 3.05) is 18.0 Å². The Balaban J connectivity index is 1.70. The Bertz CT molecular complexity index is 1000. The van der Waals surface area contributed by atoms with Gasteiger partial charge in [-0.05, 0) is 37.5 Å². The van der Waals surface area contributed by atoms with E-state index in [4.69, 9.17) is 21.6 Å². The van der Waals surface area contributed by atoms with Crippen LogP contribution in [0.5, 0.6) is 0 Å². The van der Waals surface area contributed by atoms with Crippen LogP contribution in [0.3, 0.4) is 0 Å². The summed E-state index contributed by atoms with van der Waals surface area (Å²) in [6, 6.07) is 16.0. The minimum absolute atomic E-state index is 0.110. The maximum Gasteiger partial charge on any atom is 0.221 e. The Labute approximate surface area is 176 Å². The molecule has 0 aliphatic heterocycles. The standard InChI is InChI=1S/C23H25ClN4O/c1-2-13-28(14-12-21(29)25-18-9-10-18)23-19-11-8-17(24)15-20(19)26-22(27-23)16-6-4-3-5-7-16/h3-8,11,15,18H,2,9-10,12-14H2,1H3,(H,25,29). The van der Waals surface area contributed by atoms with E-state index in [1.54, 1.807) is 0 Å². The molecule has 3 aromatic rings. The zero-order chi connectivity index (χ0) is 20.2. The van der Waals surface area contributed by atoms with Gasteiger partial charge in [0.2, 0.25) is 5.91 Å². The number of rotatable bonds is 8. The molecule has 1 aliphatic carbocycles. The second kappa shape index (κ2) is 8.78. The van der Waals surface area contributed by atoms with E-state index in [1.807, 2.05) is 48.5 Å². The Hall–Kier alpha value is -2.66. The number of aromatic nitrogens is 2. The van der Waals surface area contributed by atoms with Crippen LogP contribution in [0.15, 0.2) is 48.5 Å². The predicted molar refractivity (Wildman–Crippen MR) is 118 cm³/mol. The Morgan fingerprint density at radius 3 is 2.66 bits per heavy atom. The minimum Gasteiger partial charge on any atom is -0.355 e. The number of carbonyl (C=O) groups is 1. The monoisotopic (exact) mass is 408 g/mol. The molecule has 1 aromatic heterocycles. The van der Waals surface area contributed by atoms with E-state index in [0.29, 0.717) is 29.9 Å². The SMILES string of the molecule is CCCN(CCC(=O)NC1CC1)c1nc(-c2ccccc2)nc2cc(Cl)ccc12. The van der Waals surface area contributed by atoms with Gasteiger partial charge in [0, 0.05) is 41.5 Å². The van der Waals surface area contributed by atoms with Crippen molar-refractivity contribution in [1.29, 1.82) is 0 Å². The second-order valence-corrected chi connectivity index (χ2v) is 7.91. The summed E-state index contributed by atoms with van der Waals surface area (Å²) < 4.78 is 0. The third kappa shape index (κ3) is 4.85. The number of nitrogens with one attached hydrogen (secondary N) is 1. The molecule has 1 N–H and O–H groups in total. The number of hydrogen-bond acceptors (Lipinski definition) is 4. The Kier molecular flexibility index (Phi) is 5.95. The molecule has 150 valence electrons. The number of benzene rings is 2. The summed E-state index contributed by atoms with van der Waals surface area (Å²) in [4.78, 5) is 24.1. The number of anilines is 1. The molecular formula is C23H25ClN4O. The molecule has 0 bridgehead atoms. The van der Waals surface area contributed by atoms with Crippen LogP contribution in [-0.4, -0.2) is 35.0 Å². The Morgan fingerprint density at radius 2 is 1.93 bits per heavy atom. The van der Waals surface area contributed by atoms with Crippen LogP contribution in [0.2, 0.25) is 5.02 Å². The summed E-state index contributed by atoms with van der Waals surface area (Å²) in [5.74, 6) is 1.63. The van der Waals surface area contributed by atoms with E-state index in [2.05, 4.69) is 17.1 Å². The molecule has 1 aliphatic rings. The van der Waals surface area contributed by atoms with E-state index < -0.39 is 0 Å². The van der Waals surface area contributed by atoms with Gasteiger partial charge in [-0.15, -0.1) is 0 Å².